The molecule has 0 radical (unpaired) electrons. The first kappa shape index (κ1) is 32.8. The van der Waals surface area contributed by atoms with E-state index in [4.69, 9.17) is 9.47 Å². The molecule has 0 saturated carbocycles. The molecule has 0 aliphatic carbocycles. The van der Waals surface area contributed by atoms with Crippen molar-refractivity contribution in [1.29, 1.82) is 0 Å². The zero-order valence-corrected chi connectivity index (χ0v) is 26.8. The van der Waals surface area contributed by atoms with Crippen LogP contribution in [0.15, 0.2) is 84.9 Å². The molecule has 3 aromatic carbocycles. The van der Waals surface area contributed by atoms with Gasteiger partial charge in [0.2, 0.25) is 11.8 Å². The summed E-state index contributed by atoms with van der Waals surface area (Å²) < 4.78 is 11.5. The fourth-order valence-electron chi connectivity index (χ4n) is 6.68. The van der Waals surface area contributed by atoms with E-state index in [-0.39, 0.29) is 24.4 Å². The van der Waals surface area contributed by atoms with Gasteiger partial charge in [0, 0.05) is 6.54 Å². The molecule has 2 unspecified atom stereocenters. The van der Waals surface area contributed by atoms with Gasteiger partial charge in [0.1, 0.15) is 12.3 Å². The molecule has 3 aliphatic rings. The van der Waals surface area contributed by atoms with Crippen molar-refractivity contribution in [2.45, 2.75) is 88.2 Å². The standard InChI is InChI=1S/C37H44N4O6/c1-2-37-36(47-37)39-30(24-25-18-20-27(21-19-25)26-12-5-3-6-13-26)34(44)41-22-11-17-31(41)33(43)38-29(32(42)40-37)16-9-10-23-46-35(45)28-14-7-4-8-15-28/h3-8,12-15,18-21,29-31,34,36,39,44H,2,9-11,16-17,22-24H2,1H3,(H,38,43)(H,40,42)/t29-,30-,31+,34?,36?,37+/m0/s1. The lowest BCUT2D eigenvalue weighted by Crippen LogP contribution is -2.61. The number of nitrogens with one attached hydrogen (secondary N) is 3. The molecule has 3 aromatic rings. The van der Waals surface area contributed by atoms with Crippen molar-refractivity contribution in [1.82, 2.24) is 20.9 Å². The summed E-state index contributed by atoms with van der Waals surface area (Å²) in [5, 5.41) is 21.3. The quantitative estimate of drug-likeness (QED) is 0.150. The highest BCUT2D eigenvalue weighted by atomic mass is 16.6. The summed E-state index contributed by atoms with van der Waals surface area (Å²) in [5.74, 6) is -0.980. The van der Waals surface area contributed by atoms with E-state index in [0.29, 0.717) is 50.6 Å². The molecule has 2 amide bonds. The minimum atomic E-state index is -0.950. The normalized spacial score (nSPS) is 27.7. The van der Waals surface area contributed by atoms with Crippen LogP contribution in [0, 0.1) is 0 Å². The summed E-state index contributed by atoms with van der Waals surface area (Å²) in [7, 11) is 0. The Morgan fingerprint density at radius 3 is 2.38 bits per heavy atom. The molecule has 248 valence electrons. The van der Waals surface area contributed by atoms with E-state index in [2.05, 4.69) is 52.3 Å². The second-order valence-electron chi connectivity index (χ2n) is 12.6. The third kappa shape index (κ3) is 7.73. The van der Waals surface area contributed by atoms with Crippen molar-refractivity contribution in [3.05, 3.63) is 96.1 Å². The Balaban J connectivity index is 1.13. The van der Waals surface area contributed by atoms with E-state index in [1.165, 1.54) is 0 Å². The largest absolute Gasteiger partial charge is 0.462 e. The fraction of sp³-hybridized carbons (Fsp3) is 0.432. The van der Waals surface area contributed by atoms with Crippen molar-refractivity contribution in [2.24, 2.45) is 0 Å². The van der Waals surface area contributed by atoms with Gasteiger partial charge in [-0.3, -0.25) is 19.8 Å². The SMILES string of the molecule is CC[C@]12NC(=O)[C@H](CCCCOC(=O)c3ccccc3)NC(=O)[C@H]3CCCN3C(O)[C@H](Cc3ccc(-c4ccccc4)cc3)NC1O2. The van der Waals surface area contributed by atoms with Crippen LogP contribution < -0.4 is 16.0 Å². The molecule has 6 atom stereocenters. The van der Waals surface area contributed by atoms with Crippen LogP contribution in [0.25, 0.3) is 11.1 Å². The van der Waals surface area contributed by atoms with Gasteiger partial charge in [0.05, 0.1) is 24.3 Å². The van der Waals surface area contributed by atoms with E-state index < -0.39 is 36.3 Å². The number of esters is 1. The first-order chi connectivity index (χ1) is 22.9. The Kier molecular flexibility index (Phi) is 10.3. The van der Waals surface area contributed by atoms with Crippen molar-refractivity contribution >= 4 is 17.8 Å². The van der Waals surface area contributed by atoms with E-state index in [1.807, 2.05) is 36.1 Å². The maximum atomic E-state index is 13.7. The third-order valence-electron chi connectivity index (χ3n) is 9.50. The predicted octanol–water partition coefficient (Wildman–Crippen LogP) is 3.74. The maximum absolute atomic E-state index is 13.7. The molecule has 4 N–H and O–H groups in total. The average Bonchev–Trinajstić information content (AvgIpc) is 3.53. The number of nitrogens with zero attached hydrogens (tertiary/aromatic N) is 1. The summed E-state index contributed by atoms with van der Waals surface area (Å²) in [5.41, 5.74) is 2.83. The zero-order valence-electron chi connectivity index (χ0n) is 26.8. The van der Waals surface area contributed by atoms with E-state index >= 15 is 0 Å². The number of unbranched alkanes of at least 4 members (excludes halogenated alkanes) is 1. The topological polar surface area (TPSA) is 133 Å². The smallest absolute Gasteiger partial charge is 0.338 e. The molecule has 3 saturated heterocycles. The summed E-state index contributed by atoms with van der Waals surface area (Å²) in [6.07, 6.45) is 2.39. The van der Waals surface area contributed by atoms with Gasteiger partial charge in [-0.15, -0.1) is 0 Å². The number of epoxide rings is 1. The number of amides is 2. The van der Waals surface area contributed by atoms with Crippen LogP contribution in [0.2, 0.25) is 0 Å². The average molecular weight is 641 g/mol. The Morgan fingerprint density at radius 1 is 0.957 bits per heavy atom. The second-order valence-corrected chi connectivity index (χ2v) is 12.6. The number of benzene rings is 3. The molecule has 0 aromatic heterocycles. The maximum Gasteiger partial charge on any atom is 0.338 e. The Hall–Kier alpha value is -4.09. The van der Waals surface area contributed by atoms with E-state index in [9.17, 15) is 19.5 Å². The molecule has 3 heterocycles. The summed E-state index contributed by atoms with van der Waals surface area (Å²) >= 11 is 0. The zero-order chi connectivity index (χ0) is 32.8. The molecule has 6 rings (SSSR count). The first-order valence-electron chi connectivity index (χ1n) is 16.7. The van der Waals surface area contributed by atoms with Crippen molar-refractivity contribution < 1.29 is 29.0 Å². The molecule has 3 aliphatic heterocycles. The van der Waals surface area contributed by atoms with Gasteiger partial charge in [0.15, 0.2) is 12.0 Å². The number of hydrogen-bond acceptors (Lipinski definition) is 8. The number of aliphatic hydroxyl groups excluding tert-OH is 1. The van der Waals surface area contributed by atoms with Gasteiger partial charge < -0.3 is 25.2 Å². The van der Waals surface area contributed by atoms with Crippen molar-refractivity contribution in [3.63, 3.8) is 0 Å². The van der Waals surface area contributed by atoms with Gasteiger partial charge in [0.25, 0.3) is 0 Å². The van der Waals surface area contributed by atoms with Gasteiger partial charge in [-0.05, 0) is 73.8 Å². The molecular weight excluding hydrogens is 596 g/mol. The molecule has 0 spiro atoms. The highest BCUT2D eigenvalue weighted by Crippen LogP contribution is 2.37. The minimum absolute atomic E-state index is 0.211. The monoisotopic (exact) mass is 640 g/mol. The first-order valence-corrected chi connectivity index (χ1v) is 16.7. The van der Waals surface area contributed by atoms with Crippen molar-refractivity contribution in [3.8, 4) is 11.1 Å². The highest BCUT2D eigenvalue weighted by molar-refractivity contribution is 5.90. The summed E-state index contributed by atoms with van der Waals surface area (Å²) in [6, 6.07) is 25.5. The fourth-order valence-corrected chi connectivity index (χ4v) is 6.68. The van der Waals surface area contributed by atoms with Gasteiger partial charge >= 0.3 is 5.97 Å². The van der Waals surface area contributed by atoms with Crippen LogP contribution in [-0.2, 0) is 25.5 Å². The molecule has 3 fully saturated rings. The van der Waals surface area contributed by atoms with Crippen LogP contribution in [0.3, 0.4) is 0 Å². The lowest BCUT2D eigenvalue weighted by Gasteiger charge is -2.36. The molecule has 10 heteroatoms. The lowest BCUT2D eigenvalue weighted by molar-refractivity contribution is -0.135. The number of hydrogen-bond donors (Lipinski definition) is 4. The van der Waals surface area contributed by atoms with Gasteiger partial charge in [-0.1, -0.05) is 79.7 Å². The van der Waals surface area contributed by atoms with Crippen LogP contribution >= 0.6 is 0 Å². The minimum Gasteiger partial charge on any atom is -0.462 e. The molecular formula is C37H44N4O6. The van der Waals surface area contributed by atoms with Gasteiger partial charge in [-0.25, -0.2) is 4.79 Å². The van der Waals surface area contributed by atoms with Gasteiger partial charge in [-0.2, -0.15) is 0 Å². The van der Waals surface area contributed by atoms with Crippen LogP contribution in [0.4, 0.5) is 0 Å². The summed E-state index contributed by atoms with van der Waals surface area (Å²) in [4.78, 5) is 41.4. The molecule has 47 heavy (non-hydrogen) atoms. The number of ether oxygens (including phenoxy) is 2. The highest BCUT2D eigenvalue weighted by Gasteiger charge is 2.58. The Morgan fingerprint density at radius 2 is 1.66 bits per heavy atom. The Bertz CT molecular complexity index is 1520. The third-order valence-corrected chi connectivity index (χ3v) is 9.50. The van der Waals surface area contributed by atoms with Crippen molar-refractivity contribution in [2.75, 3.05) is 13.2 Å². The number of rotatable bonds is 10. The number of aliphatic hydroxyl groups is 1. The Labute approximate surface area is 275 Å². The number of carbonyl (C=O) groups excluding carboxylic acids is 3. The predicted molar refractivity (Wildman–Crippen MR) is 177 cm³/mol. The van der Waals surface area contributed by atoms with E-state index in [0.717, 1.165) is 23.1 Å². The van der Waals surface area contributed by atoms with Crippen LogP contribution in [0.5, 0.6) is 0 Å². The molecule has 0 bridgehead atoms. The molecule has 10 nitrogen and oxygen atoms in total. The van der Waals surface area contributed by atoms with Crippen LogP contribution in [-0.4, -0.2) is 77.2 Å². The second kappa shape index (κ2) is 14.8. The number of fused-ring (bicyclic) bond motifs is 2. The van der Waals surface area contributed by atoms with E-state index in [1.54, 1.807) is 24.3 Å². The van der Waals surface area contributed by atoms with Crippen LogP contribution in [0.1, 0.15) is 61.4 Å². The number of carbonyl (C=O) groups is 3. The summed E-state index contributed by atoms with van der Waals surface area (Å²) in [6.45, 7) is 2.72. The lowest BCUT2D eigenvalue weighted by atomic mass is 9.99.